The normalized spacial score (nSPS) is 17.4. The molecule has 30 heavy (non-hydrogen) atoms. The van der Waals surface area contributed by atoms with E-state index < -0.39 is 24.6 Å². The van der Waals surface area contributed by atoms with Crippen LogP contribution in [0.15, 0.2) is 36.5 Å². The van der Waals surface area contributed by atoms with E-state index in [1.54, 1.807) is 32.5 Å². The highest BCUT2D eigenvalue weighted by Crippen LogP contribution is 2.37. The molecular weight excluding hydrogens is 383 g/mol. The second-order valence-corrected chi connectivity index (χ2v) is 8.34. The Hall–Kier alpha value is -2.26. The fourth-order valence-electron chi connectivity index (χ4n) is 3.25. The van der Waals surface area contributed by atoms with Crippen LogP contribution in [-0.2, 0) is 18.8 Å². The molecule has 1 saturated heterocycles. The van der Waals surface area contributed by atoms with Gasteiger partial charge in [0.05, 0.1) is 11.2 Å². The molecule has 1 aliphatic heterocycles. The molecule has 1 aromatic heterocycles. The van der Waals surface area contributed by atoms with Crippen LogP contribution in [0.4, 0.5) is 5.69 Å². The monoisotopic (exact) mass is 412 g/mol. The van der Waals surface area contributed by atoms with Crippen LogP contribution in [0.1, 0.15) is 55.6 Å². The van der Waals surface area contributed by atoms with E-state index in [1.807, 2.05) is 52.8 Å². The number of benzene rings is 1. The Labute approximate surface area is 178 Å². The number of carbonyl (C=O) groups is 1. The van der Waals surface area contributed by atoms with Crippen molar-refractivity contribution in [1.82, 2.24) is 4.98 Å². The quantitative estimate of drug-likeness (QED) is 0.580. The number of nitrogens with one attached hydrogen (secondary N) is 1. The maximum Gasteiger partial charge on any atom is 0.495 e. The van der Waals surface area contributed by atoms with E-state index in [4.69, 9.17) is 18.8 Å². The summed E-state index contributed by atoms with van der Waals surface area (Å²) in [5, 5.41) is 2.93. The number of pyridine rings is 1. The van der Waals surface area contributed by atoms with Crippen molar-refractivity contribution in [3.05, 3.63) is 53.3 Å². The van der Waals surface area contributed by atoms with Gasteiger partial charge in [-0.05, 0) is 57.8 Å². The smallest absolute Gasteiger partial charge is 0.399 e. The Kier molecular flexibility index (Phi) is 6.33. The maximum absolute atomic E-state index is 12.7. The van der Waals surface area contributed by atoms with Crippen LogP contribution < -0.4 is 10.8 Å². The number of hydrogen-bond donors (Lipinski definition) is 1. The Morgan fingerprint density at radius 1 is 1.07 bits per heavy atom. The number of ether oxygens (including phenoxy) is 2. The number of rotatable bonds is 6. The molecular formula is C22H29BN2O5. The van der Waals surface area contributed by atoms with Gasteiger partial charge in [0.1, 0.15) is 5.69 Å². The molecule has 8 heteroatoms. The van der Waals surface area contributed by atoms with Gasteiger partial charge in [0, 0.05) is 31.7 Å². The second kappa shape index (κ2) is 8.47. The average molecular weight is 412 g/mol. The lowest BCUT2D eigenvalue weighted by Gasteiger charge is -2.32. The molecule has 0 saturated carbocycles. The van der Waals surface area contributed by atoms with Crippen LogP contribution in [-0.4, -0.2) is 43.4 Å². The van der Waals surface area contributed by atoms with Gasteiger partial charge >= 0.3 is 7.12 Å². The Bertz CT molecular complexity index is 894. The van der Waals surface area contributed by atoms with Crippen molar-refractivity contribution in [2.24, 2.45) is 0 Å². The van der Waals surface area contributed by atoms with Gasteiger partial charge < -0.3 is 24.1 Å². The van der Waals surface area contributed by atoms with Gasteiger partial charge in [-0.15, -0.1) is 0 Å². The molecule has 0 aliphatic carbocycles. The van der Waals surface area contributed by atoms with Crippen LogP contribution >= 0.6 is 0 Å². The first-order chi connectivity index (χ1) is 14.1. The van der Waals surface area contributed by atoms with Gasteiger partial charge in [-0.25, -0.2) is 0 Å². The highest BCUT2D eigenvalue weighted by molar-refractivity contribution is 6.62. The Balaban J connectivity index is 1.78. The molecule has 1 fully saturated rings. The van der Waals surface area contributed by atoms with E-state index in [0.717, 1.165) is 16.6 Å². The van der Waals surface area contributed by atoms with Crippen molar-refractivity contribution in [3.8, 4) is 0 Å². The van der Waals surface area contributed by atoms with Gasteiger partial charge in [0.2, 0.25) is 0 Å². The molecule has 160 valence electrons. The second-order valence-electron chi connectivity index (χ2n) is 8.34. The standard InChI is InChI=1S/C22H29BN2O5/c1-14-16(23-29-21(2,3)22(4,5)30-23)9-8-10-17(14)25-19(26)18-12-11-15(13-24-18)20(27-6)28-7/h8-13,20H,1-7H3,(H,25,26). The van der Waals surface area contributed by atoms with Gasteiger partial charge in [0.25, 0.3) is 5.91 Å². The summed E-state index contributed by atoms with van der Waals surface area (Å²) in [6.45, 7) is 10.00. The molecule has 1 aliphatic rings. The summed E-state index contributed by atoms with van der Waals surface area (Å²) >= 11 is 0. The van der Waals surface area contributed by atoms with Gasteiger partial charge in [-0.2, -0.15) is 0 Å². The number of methoxy groups -OCH3 is 2. The number of carbonyl (C=O) groups excluding carboxylic acids is 1. The fourth-order valence-corrected chi connectivity index (χ4v) is 3.25. The average Bonchev–Trinajstić information content (AvgIpc) is 2.92. The van der Waals surface area contributed by atoms with Crippen molar-refractivity contribution in [2.45, 2.75) is 52.1 Å². The molecule has 3 rings (SSSR count). The van der Waals surface area contributed by atoms with Crippen LogP contribution in [0.2, 0.25) is 0 Å². The third kappa shape index (κ3) is 4.27. The molecule has 0 radical (unpaired) electrons. The van der Waals surface area contributed by atoms with E-state index in [9.17, 15) is 4.79 Å². The molecule has 0 spiro atoms. The minimum absolute atomic E-state index is 0.296. The summed E-state index contributed by atoms with van der Waals surface area (Å²) in [5.41, 5.74) is 2.62. The summed E-state index contributed by atoms with van der Waals surface area (Å²) in [5.74, 6) is -0.304. The van der Waals surface area contributed by atoms with E-state index in [1.165, 1.54) is 0 Å². The van der Waals surface area contributed by atoms with Crippen molar-refractivity contribution in [1.29, 1.82) is 0 Å². The zero-order chi connectivity index (χ0) is 22.1. The molecule has 0 atom stereocenters. The number of anilines is 1. The summed E-state index contributed by atoms with van der Waals surface area (Å²) in [6, 6.07) is 9.08. The SMILES string of the molecule is COC(OC)c1ccc(C(=O)Nc2cccc(B3OC(C)(C)C(C)(C)O3)c2C)nc1. The predicted molar refractivity (Wildman–Crippen MR) is 116 cm³/mol. The van der Waals surface area contributed by atoms with Crippen LogP contribution in [0, 0.1) is 6.92 Å². The highest BCUT2D eigenvalue weighted by Gasteiger charge is 2.52. The molecule has 1 N–H and O–H groups in total. The predicted octanol–water partition coefficient (Wildman–Crippen LogP) is 3.23. The molecule has 0 bridgehead atoms. The number of nitrogens with zero attached hydrogens (tertiary/aromatic N) is 1. The fraction of sp³-hybridized carbons (Fsp3) is 0.455. The van der Waals surface area contributed by atoms with Gasteiger partial charge in [-0.1, -0.05) is 18.2 Å². The third-order valence-corrected chi connectivity index (χ3v) is 5.85. The van der Waals surface area contributed by atoms with E-state index in [0.29, 0.717) is 11.4 Å². The van der Waals surface area contributed by atoms with Crippen LogP contribution in [0.25, 0.3) is 0 Å². The first kappa shape index (κ1) is 22.4. The molecule has 0 unspecified atom stereocenters. The first-order valence-corrected chi connectivity index (χ1v) is 9.87. The van der Waals surface area contributed by atoms with Crippen LogP contribution in [0.3, 0.4) is 0 Å². The Morgan fingerprint density at radius 2 is 1.70 bits per heavy atom. The molecule has 2 aromatic rings. The number of amides is 1. The Morgan fingerprint density at radius 3 is 2.23 bits per heavy atom. The zero-order valence-corrected chi connectivity index (χ0v) is 18.6. The molecule has 7 nitrogen and oxygen atoms in total. The minimum atomic E-state index is -0.520. The molecule has 2 heterocycles. The summed E-state index contributed by atoms with van der Waals surface area (Å²) < 4.78 is 22.7. The molecule has 1 aromatic carbocycles. The summed E-state index contributed by atoms with van der Waals surface area (Å²) in [6.07, 6.45) is 1.05. The van der Waals surface area contributed by atoms with Gasteiger partial charge in [0.15, 0.2) is 6.29 Å². The number of hydrogen-bond acceptors (Lipinski definition) is 6. The molecule has 1 amide bonds. The lowest BCUT2D eigenvalue weighted by atomic mass is 9.76. The largest absolute Gasteiger partial charge is 0.495 e. The van der Waals surface area contributed by atoms with E-state index in [2.05, 4.69) is 10.3 Å². The van der Waals surface area contributed by atoms with Crippen molar-refractivity contribution < 1.29 is 23.6 Å². The zero-order valence-electron chi connectivity index (χ0n) is 18.6. The minimum Gasteiger partial charge on any atom is -0.399 e. The van der Waals surface area contributed by atoms with E-state index >= 15 is 0 Å². The highest BCUT2D eigenvalue weighted by atomic mass is 16.7. The number of aromatic nitrogens is 1. The lowest BCUT2D eigenvalue weighted by Crippen LogP contribution is -2.41. The summed E-state index contributed by atoms with van der Waals surface area (Å²) in [7, 11) is 2.60. The van der Waals surface area contributed by atoms with Crippen molar-refractivity contribution in [3.63, 3.8) is 0 Å². The van der Waals surface area contributed by atoms with Gasteiger partial charge in [-0.3, -0.25) is 9.78 Å². The topological polar surface area (TPSA) is 78.9 Å². The maximum atomic E-state index is 12.7. The van der Waals surface area contributed by atoms with Crippen molar-refractivity contribution >= 4 is 24.2 Å². The third-order valence-electron chi connectivity index (χ3n) is 5.85. The van der Waals surface area contributed by atoms with Crippen molar-refractivity contribution in [2.75, 3.05) is 19.5 Å². The first-order valence-electron chi connectivity index (χ1n) is 9.87. The summed E-state index contributed by atoms with van der Waals surface area (Å²) in [4.78, 5) is 17.0. The van der Waals surface area contributed by atoms with E-state index in [-0.39, 0.29) is 5.91 Å². The lowest BCUT2D eigenvalue weighted by molar-refractivity contribution is -0.106. The van der Waals surface area contributed by atoms with Crippen LogP contribution in [0.5, 0.6) is 0 Å².